The maximum atomic E-state index is 5.45. The largest absolute Gasteiger partial charge is 0.342 e. The lowest BCUT2D eigenvalue weighted by atomic mass is 9.77. The van der Waals surface area contributed by atoms with E-state index in [0.29, 0.717) is 11.8 Å². The molecule has 3 heteroatoms. The van der Waals surface area contributed by atoms with Gasteiger partial charge in [-0.25, -0.2) is 4.99 Å². The van der Waals surface area contributed by atoms with Crippen LogP contribution in [0, 0.1) is 11.8 Å². The van der Waals surface area contributed by atoms with Crippen molar-refractivity contribution in [1.29, 1.82) is 0 Å². The first-order chi connectivity index (χ1) is 22.9. The highest BCUT2D eigenvalue weighted by atomic mass is 15.4. The Labute approximate surface area is 279 Å². The number of allylic oxidation sites excluding steroid dienone is 7. The van der Waals surface area contributed by atoms with Gasteiger partial charge in [0.05, 0.1) is 16.7 Å². The van der Waals surface area contributed by atoms with Crippen LogP contribution in [0.4, 0.5) is 0 Å². The Balaban J connectivity index is 1.17. The molecule has 4 atom stereocenters. The zero-order valence-electron chi connectivity index (χ0n) is 27.9. The summed E-state index contributed by atoms with van der Waals surface area (Å²) in [5.74, 6) is 1.28. The molecule has 0 saturated carbocycles. The highest BCUT2D eigenvalue weighted by molar-refractivity contribution is 6.11. The lowest BCUT2D eigenvalue weighted by Crippen LogP contribution is -2.27. The number of fused-ring (bicyclic) bond motifs is 3. The number of rotatable bonds is 5. The summed E-state index contributed by atoms with van der Waals surface area (Å²) in [5.41, 5.74) is 11.1. The van der Waals surface area contributed by atoms with Crippen LogP contribution in [0.5, 0.6) is 0 Å². The molecule has 0 N–H and O–H groups in total. The molecule has 2 heterocycles. The minimum Gasteiger partial charge on any atom is -0.342 e. The molecule has 1 aliphatic heterocycles. The Hall–Kier alpha value is -4.89. The van der Waals surface area contributed by atoms with Gasteiger partial charge in [-0.15, -0.1) is 0 Å². The number of hydrogen-bond acceptors (Lipinski definition) is 2. The highest BCUT2D eigenvalue weighted by Crippen LogP contribution is 2.40. The molecule has 0 fully saturated rings. The van der Waals surface area contributed by atoms with Crippen LogP contribution in [0.15, 0.2) is 139 Å². The molecular weight excluding hydrogens is 571 g/mol. The van der Waals surface area contributed by atoms with E-state index in [1.807, 2.05) is 0 Å². The lowest BCUT2D eigenvalue weighted by Gasteiger charge is -2.31. The van der Waals surface area contributed by atoms with Gasteiger partial charge in [-0.3, -0.25) is 0 Å². The Morgan fingerprint density at radius 2 is 1.53 bits per heavy atom. The second-order valence-corrected chi connectivity index (χ2v) is 14.1. The summed E-state index contributed by atoms with van der Waals surface area (Å²) < 4.78 is 2.42. The topological polar surface area (TPSA) is 20.5 Å². The van der Waals surface area contributed by atoms with Gasteiger partial charge in [-0.05, 0) is 83.2 Å². The van der Waals surface area contributed by atoms with E-state index in [0.717, 1.165) is 17.7 Å². The molecule has 4 unspecified atom stereocenters. The second-order valence-electron chi connectivity index (χ2n) is 14.1. The van der Waals surface area contributed by atoms with Crippen molar-refractivity contribution in [3.8, 4) is 11.1 Å². The van der Waals surface area contributed by atoms with Crippen molar-refractivity contribution in [2.45, 2.75) is 51.7 Å². The number of aromatic nitrogens is 1. The highest BCUT2D eigenvalue weighted by Gasteiger charge is 2.27. The first-order valence-corrected chi connectivity index (χ1v) is 17.2. The fourth-order valence-electron chi connectivity index (χ4n) is 7.80. The normalized spacial score (nSPS) is 24.2. The van der Waals surface area contributed by atoms with E-state index in [-0.39, 0.29) is 11.7 Å². The van der Waals surface area contributed by atoms with Gasteiger partial charge in [-0.2, -0.15) is 0 Å². The summed E-state index contributed by atoms with van der Waals surface area (Å²) in [4.78, 5) is 7.67. The molecule has 5 aromatic rings. The standard InChI is InChI=1S/C44H43N3/c1-30-15-16-31(2)39(27-30)33-19-17-32(18-20-33)34-11-10-12-35(28-34)40-23-26-46(4)43(45-40)47-41-14-7-6-13-37(41)38-22-21-36(29-42(38)47)44(3)24-8-5-9-25-44/h5-14,17-24,26-31,43H,15-16,25H2,1-4H3. The van der Waals surface area contributed by atoms with Gasteiger partial charge in [0.25, 0.3) is 0 Å². The first-order valence-electron chi connectivity index (χ1n) is 17.2. The summed E-state index contributed by atoms with van der Waals surface area (Å²) in [7, 11) is 2.13. The van der Waals surface area contributed by atoms with Crippen LogP contribution in [0.3, 0.4) is 0 Å². The van der Waals surface area contributed by atoms with Gasteiger partial charge < -0.3 is 9.47 Å². The van der Waals surface area contributed by atoms with E-state index in [9.17, 15) is 0 Å². The number of para-hydroxylation sites is 1. The molecule has 1 aromatic heterocycles. The summed E-state index contributed by atoms with van der Waals surface area (Å²) >= 11 is 0. The molecule has 234 valence electrons. The Morgan fingerprint density at radius 1 is 0.745 bits per heavy atom. The van der Waals surface area contributed by atoms with Crippen LogP contribution in [0.1, 0.15) is 63.0 Å². The van der Waals surface area contributed by atoms with Gasteiger partial charge in [0.2, 0.25) is 6.29 Å². The van der Waals surface area contributed by atoms with Crippen molar-refractivity contribution in [1.82, 2.24) is 9.47 Å². The van der Waals surface area contributed by atoms with E-state index in [2.05, 4.69) is 171 Å². The van der Waals surface area contributed by atoms with E-state index >= 15 is 0 Å². The predicted octanol–water partition coefficient (Wildman–Crippen LogP) is 11.1. The van der Waals surface area contributed by atoms with Crippen molar-refractivity contribution in [3.05, 3.63) is 150 Å². The number of nitrogens with zero attached hydrogens (tertiary/aromatic N) is 3. The summed E-state index contributed by atoms with van der Waals surface area (Å²) in [6.45, 7) is 7.03. The first kappa shape index (κ1) is 29.5. The molecule has 0 radical (unpaired) electrons. The molecule has 3 aliphatic rings. The molecule has 0 amide bonds. The molecule has 2 aliphatic carbocycles. The predicted molar refractivity (Wildman–Crippen MR) is 200 cm³/mol. The maximum Gasteiger partial charge on any atom is 0.203 e. The van der Waals surface area contributed by atoms with Crippen molar-refractivity contribution >= 4 is 33.1 Å². The van der Waals surface area contributed by atoms with Crippen molar-refractivity contribution in [2.24, 2.45) is 16.8 Å². The molecule has 3 nitrogen and oxygen atoms in total. The fourth-order valence-corrected chi connectivity index (χ4v) is 7.80. The van der Waals surface area contributed by atoms with Crippen molar-refractivity contribution in [3.63, 3.8) is 0 Å². The smallest absolute Gasteiger partial charge is 0.203 e. The minimum absolute atomic E-state index is 0.0281. The van der Waals surface area contributed by atoms with E-state index in [1.54, 1.807) is 0 Å². The van der Waals surface area contributed by atoms with Crippen LogP contribution >= 0.6 is 0 Å². The molecule has 0 saturated heterocycles. The fraction of sp³-hybridized carbons (Fsp3) is 0.250. The SMILES string of the molecule is CC1C=C(c2ccc(-c3cccc(C4=NC(n5c6ccccc6c6ccc(C7(C)C=CC=CC7)cc65)N(C)C=C4)c3)cc2)C(C)CC1. The molecule has 0 spiro atoms. The van der Waals surface area contributed by atoms with E-state index < -0.39 is 0 Å². The Bertz CT molecular complexity index is 2140. The van der Waals surface area contributed by atoms with Crippen LogP contribution < -0.4 is 0 Å². The summed E-state index contributed by atoms with van der Waals surface area (Å²) in [5, 5.41) is 2.53. The Kier molecular flexibility index (Phi) is 7.36. The van der Waals surface area contributed by atoms with Crippen LogP contribution in [-0.4, -0.2) is 22.2 Å². The summed E-state index contributed by atoms with van der Waals surface area (Å²) in [6.07, 6.45) is 19.1. The zero-order valence-corrected chi connectivity index (χ0v) is 27.9. The number of benzene rings is 4. The third-order valence-corrected chi connectivity index (χ3v) is 10.7. The van der Waals surface area contributed by atoms with Gasteiger partial charge in [0, 0.05) is 35.0 Å². The van der Waals surface area contributed by atoms with Crippen molar-refractivity contribution < 1.29 is 0 Å². The Morgan fingerprint density at radius 3 is 2.36 bits per heavy atom. The maximum absolute atomic E-state index is 5.45. The zero-order chi connectivity index (χ0) is 32.1. The van der Waals surface area contributed by atoms with Crippen LogP contribution in [0.2, 0.25) is 0 Å². The van der Waals surface area contributed by atoms with Gasteiger partial charge in [-0.1, -0.05) is 124 Å². The average Bonchev–Trinajstić information content (AvgIpc) is 3.43. The number of aliphatic imine (C=N–C) groups is 1. The quantitative estimate of drug-likeness (QED) is 0.193. The molecule has 8 rings (SSSR count). The van der Waals surface area contributed by atoms with Gasteiger partial charge >= 0.3 is 0 Å². The average molecular weight is 614 g/mol. The lowest BCUT2D eigenvalue weighted by molar-refractivity contribution is 0.266. The number of hydrogen-bond donors (Lipinski definition) is 0. The molecule has 47 heavy (non-hydrogen) atoms. The van der Waals surface area contributed by atoms with Crippen LogP contribution in [-0.2, 0) is 5.41 Å². The molecule has 4 aromatic carbocycles. The molecular formula is C44H43N3. The minimum atomic E-state index is -0.210. The van der Waals surface area contributed by atoms with E-state index in [1.165, 1.54) is 62.5 Å². The summed E-state index contributed by atoms with van der Waals surface area (Å²) in [6, 6.07) is 33.8. The van der Waals surface area contributed by atoms with Crippen LogP contribution in [0.25, 0.3) is 38.5 Å². The molecule has 0 bridgehead atoms. The third kappa shape index (κ3) is 5.28. The van der Waals surface area contributed by atoms with Gasteiger partial charge in [0.1, 0.15) is 0 Å². The van der Waals surface area contributed by atoms with E-state index in [4.69, 9.17) is 4.99 Å². The van der Waals surface area contributed by atoms with Gasteiger partial charge in [0.15, 0.2) is 0 Å². The third-order valence-electron chi connectivity index (χ3n) is 10.7. The second kappa shape index (κ2) is 11.7. The monoisotopic (exact) mass is 613 g/mol. The van der Waals surface area contributed by atoms with Crippen molar-refractivity contribution in [2.75, 3.05) is 7.05 Å².